The number of rotatable bonds is 4. The maximum absolute atomic E-state index is 12.3. The minimum absolute atomic E-state index is 0.0501. The quantitative estimate of drug-likeness (QED) is 0.870. The molecule has 2 aromatic rings. The Hall–Kier alpha value is -1.61. The van der Waals surface area contributed by atoms with Crippen LogP contribution in [-0.2, 0) is 5.41 Å². The molecule has 1 N–H and O–H groups in total. The zero-order valence-corrected chi connectivity index (χ0v) is 14.2. The van der Waals surface area contributed by atoms with Gasteiger partial charge in [-0.1, -0.05) is 50.2 Å². The third kappa shape index (κ3) is 3.94. The summed E-state index contributed by atoms with van der Waals surface area (Å²) in [6.07, 6.45) is 0. The Morgan fingerprint density at radius 3 is 2.43 bits per heavy atom. The topological polar surface area (TPSA) is 29.1 Å². The molecule has 0 saturated carbocycles. The Bertz CT molecular complexity index is 635. The van der Waals surface area contributed by atoms with Crippen LogP contribution in [0.25, 0.3) is 0 Å². The van der Waals surface area contributed by atoms with E-state index < -0.39 is 0 Å². The number of halogens is 1. The van der Waals surface area contributed by atoms with E-state index in [1.54, 1.807) is 0 Å². The van der Waals surface area contributed by atoms with Gasteiger partial charge in [-0.2, -0.15) is 0 Å². The van der Waals surface area contributed by atoms with Crippen molar-refractivity contribution in [3.8, 4) is 0 Å². The second kappa shape index (κ2) is 6.44. The van der Waals surface area contributed by atoms with Gasteiger partial charge >= 0.3 is 0 Å². The van der Waals surface area contributed by atoms with Gasteiger partial charge in [0.2, 0.25) is 0 Å². The van der Waals surface area contributed by atoms with E-state index in [1.165, 1.54) is 5.56 Å². The third-order valence-electron chi connectivity index (χ3n) is 3.62. The lowest BCUT2D eigenvalue weighted by Gasteiger charge is -2.25. The maximum Gasteiger partial charge on any atom is 0.252 e. The zero-order chi connectivity index (χ0) is 15.5. The van der Waals surface area contributed by atoms with Gasteiger partial charge in [0.1, 0.15) is 0 Å². The number of nitrogens with one attached hydrogen (secondary N) is 1. The standard InChI is InChI=1S/C18H20BrNO/c1-13-9-10-15(16(19)11-13)17(21)20-12-18(2,3)14-7-5-4-6-8-14/h4-11H,12H2,1-3H3,(H,20,21). The predicted octanol–water partition coefficient (Wildman–Crippen LogP) is 4.47. The summed E-state index contributed by atoms with van der Waals surface area (Å²) in [5.74, 6) is -0.0501. The molecule has 0 aliphatic rings. The molecule has 0 fully saturated rings. The maximum atomic E-state index is 12.3. The van der Waals surface area contributed by atoms with Gasteiger partial charge in [-0.25, -0.2) is 0 Å². The second-order valence-corrected chi connectivity index (χ2v) is 6.77. The molecule has 2 nitrogen and oxygen atoms in total. The lowest BCUT2D eigenvalue weighted by molar-refractivity contribution is 0.0945. The molecule has 0 radical (unpaired) electrons. The van der Waals surface area contributed by atoms with Crippen LogP contribution in [-0.4, -0.2) is 12.5 Å². The van der Waals surface area contributed by atoms with Gasteiger partial charge < -0.3 is 5.32 Å². The van der Waals surface area contributed by atoms with Crippen LogP contribution < -0.4 is 5.32 Å². The number of hydrogen-bond acceptors (Lipinski definition) is 1. The molecule has 0 aromatic heterocycles. The van der Waals surface area contributed by atoms with E-state index in [-0.39, 0.29) is 11.3 Å². The molecule has 0 heterocycles. The SMILES string of the molecule is Cc1ccc(C(=O)NCC(C)(C)c2ccccc2)c(Br)c1. The average Bonchev–Trinajstić information content (AvgIpc) is 2.46. The summed E-state index contributed by atoms with van der Waals surface area (Å²) in [6, 6.07) is 16.0. The fraction of sp³-hybridized carbons (Fsp3) is 0.278. The first-order valence-electron chi connectivity index (χ1n) is 7.00. The Morgan fingerprint density at radius 1 is 1.14 bits per heavy atom. The van der Waals surface area contributed by atoms with Crippen LogP contribution in [0, 0.1) is 6.92 Å². The van der Waals surface area contributed by atoms with Crippen LogP contribution in [0.4, 0.5) is 0 Å². The van der Waals surface area contributed by atoms with Crippen LogP contribution in [0.5, 0.6) is 0 Å². The van der Waals surface area contributed by atoms with Gasteiger partial charge in [0.15, 0.2) is 0 Å². The van der Waals surface area contributed by atoms with E-state index >= 15 is 0 Å². The summed E-state index contributed by atoms with van der Waals surface area (Å²) < 4.78 is 0.831. The molecular formula is C18H20BrNO. The summed E-state index contributed by atoms with van der Waals surface area (Å²) in [7, 11) is 0. The molecule has 1 amide bonds. The van der Waals surface area contributed by atoms with E-state index in [1.807, 2.05) is 43.3 Å². The normalized spacial score (nSPS) is 11.2. The zero-order valence-electron chi connectivity index (χ0n) is 12.6. The van der Waals surface area contributed by atoms with Crippen molar-refractivity contribution in [3.63, 3.8) is 0 Å². The smallest absolute Gasteiger partial charge is 0.252 e. The molecule has 0 bridgehead atoms. The Balaban J connectivity index is 2.07. The van der Waals surface area contributed by atoms with Gasteiger partial charge in [0.25, 0.3) is 5.91 Å². The third-order valence-corrected chi connectivity index (χ3v) is 4.27. The van der Waals surface area contributed by atoms with Crippen molar-refractivity contribution in [2.24, 2.45) is 0 Å². The van der Waals surface area contributed by atoms with Crippen LogP contribution in [0.2, 0.25) is 0 Å². The van der Waals surface area contributed by atoms with E-state index in [4.69, 9.17) is 0 Å². The molecular weight excluding hydrogens is 326 g/mol. The van der Waals surface area contributed by atoms with Gasteiger partial charge in [-0.05, 0) is 46.1 Å². The van der Waals surface area contributed by atoms with E-state index in [2.05, 4.69) is 47.2 Å². The Kier molecular flexibility index (Phi) is 4.84. The molecule has 21 heavy (non-hydrogen) atoms. The second-order valence-electron chi connectivity index (χ2n) is 5.92. The number of carbonyl (C=O) groups excluding carboxylic acids is 1. The molecule has 110 valence electrons. The van der Waals surface area contributed by atoms with Crippen molar-refractivity contribution in [2.75, 3.05) is 6.54 Å². The Morgan fingerprint density at radius 2 is 1.81 bits per heavy atom. The highest BCUT2D eigenvalue weighted by Crippen LogP contribution is 2.23. The summed E-state index contributed by atoms with van der Waals surface area (Å²) >= 11 is 3.45. The monoisotopic (exact) mass is 345 g/mol. The van der Waals surface area contributed by atoms with Crippen molar-refractivity contribution in [2.45, 2.75) is 26.2 Å². The van der Waals surface area contributed by atoms with Gasteiger partial charge in [0, 0.05) is 16.4 Å². The van der Waals surface area contributed by atoms with E-state index in [0.717, 1.165) is 10.0 Å². The number of hydrogen-bond donors (Lipinski definition) is 1. The number of carbonyl (C=O) groups is 1. The summed E-state index contributed by atoms with van der Waals surface area (Å²) in [6.45, 7) is 6.86. The van der Waals surface area contributed by atoms with Gasteiger partial charge in [-0.3, -0.25) is 4.79 Å². The minimum Gasteiger partial charge on any atom is -0.351 e. The first-order chi connectivity index (χ1) is 9.90. The molecule has 0 aliphatic carbocycles. The van der Waals surface area contributed by atoms with Crippen LogP contribution >= 0.6 is 15.9 Å². The lowest BCUT2D eigenvalue weighted by Crippen LogP contribution is -2.36. The highest BCUT2D eigenvalue weighted by molar-refractivity contribution is 9.10. The summed E-state index contributed by atoms with van der Waals surface area (Å²) in [5.41, 5.74) is 2.91. The van der Waals surface area contributed by atoms with Crippen molar-refractivity contribution in [1.82, 2.24) is 5.32 Å². The molecule has 2 aromatic carbocycles. The summed E-state index contributed by atoms with van der Waals surface area (Å²) in [4.78, 5) is 12.3. The van der Waals surface area contributed by atoms with Crippen molar-refractivity contribution < 1.29 is 4.79 Å². The highest BCUT2D eigenvalue weighted by Gasteiger charge is 2.21. The van der Waals surface area contributed by atoms with E-state index in [0.29, 0.717) is 12.1 Å². The first-order valence-corrected chi connectivity index (χ1v) is 7.79. The molecule has 2 rings (SSSR count). The first kappa shape index (κ1) is 15.8. The predicted molar refractivity (Wildman–Crippen MR) is 90.7 cm³/mol. The molecule has 3 heteroatoms. The summed E-state index contributed by atoms with van der Waals surface area (Å²) in [5, 5.41) is 3.03. The molecule has 0 saturated heterocycles. The van der Waals surface area contributed by atoms with Crippen molar-refractivity contribution in [1.29, 1.82) is 0 Å². The fourth-order valence-electron chi connectivity index (χ4n) is 2.19. The van der Waals surface area contributed by atoms with Crippen LogP contribution in [0.3, 0.4) is 0 Å². The Labute approximate surface area is 134 Å². The molecule has 0 spiro atoms. The number of benzene rings is 2. The molecule has 0 unspecified atom stereocenters. The molecule has 0 atom stereocenters. The molecule has 0 aliphatic heterocycles. The average molecular weight is 346 g/mol. The van der Waals surface area contributed by atoms with Crippen molar-refractivity contribution in [3.05, 3.63) is 69.7 Å². The highest BCUT2D eigenvalue weighted by atomic mass is 79.9. The van der Waals surface area contributed by atoms with Gasteiger partial charge in [-0.15, -0.1) is 0 Å². The lowest BCUT2D eigenvalue weighted by atomic mass is 9.84. The minimum atomic E-state index is -0.103. The fourth-order valence-corrected chi connectivity index (χ4v) is 2.87. The number of aryl methyl sites for hydroxylation is 1. The van der Waals surface area contributed by atoms with Crippen LogP contribution in [0.15, 0.2) is 53.0 Å². The van der Waals surface area contributed by atoms with Crippen LogP contribution in [0.1, 0.15) is 35.3 Å². The van der Waals surface area contributed by atoms with Crippen molar-refractivity contribution >= 4 is 21.8 Å². The largest absolute Gasteiger partial charge is 0.351 e. The van der Waals surface area contributed by atoms with E-state index in [9.17, 15) is 4.79 Å². The van der Waals surface area contributed by atoms with Gasteiger partial charge in [0.05, 0.1) is 5.56 Å². The number of amides is 1.